The molecule has 2 aliphatic heterocycles. The maximum Gasteiger partial charge on any atom is 0.339 e. The summed E-state index contributed by atoms with van der Waals surface area (Å²) in [5.41, 5.74) is 0.626. The first-order valence-electron chi connectivity index (χ1n) is 8.02. The fourth-order valence-corrected chi connectivity index (χ4v) is 4.31. The van der Waals surface area contributed by atoms with Crippen molar-refractivity contribution in [1.29, 1.82) is 0 Å². The van der Waals surface area contributed by atoms with E-state index < -0.39 is 0 Å². The molecule has 21 heavy (non-hydrogen) atoms. The van der Waals surface area contributed by atoms with E-state index in [2.05, 4.69) is 15.9 Å². The van der Waals surface area contributed by atoms with Crippen molar-refractivity contribution in [3.05, 3.63) is 34.3 Å². The summed E-state index contributed by atoms with van der Waals surface area (Å²) in [5.74, 6) is 0.339. The molecule has 1 unspecified atom stereocenters. The molecule has 0 amide bonds. The number of halogens is 1. The molecular weight excluding hydrogens is 330 g/mol. The number of esters is 1. The normalized spacial score (nSPS) is 28.7. The maximum absolute atomic E-state index is 12.2. The molecule has 3 rings (SSSR count). The predicted octanol–water partition coefficient (Wildman–Crippen LogP) is 2.45. The molecule has 0 bridgehead atoms. The number of piperidine rings is 2. The molecule has 0 aliphatic carbocycles. The molecular formula is C17H23BrNO2+. The SMILES string of the molecule is O=C(OC[C@H]1CCC[NH+]2CCCC[C@@H]12)c1ccccc1Br. The van der Waals surface area contributed by atoms with Crippen molar-refractivity contribution in [3.63, 3.8) is 0 Å². The molecule has 2 fully saturated rings. The fourth-order valence-electron chi connectivity index (χ4n) is 3.86. The Morgan fingerprint density at radius 1 is 1.19 bits per heavy atom. The molecule has 0 saturated carbocycles. The minimum Gasteiger partial charge on any atom is -0.462 e. The average Bonchev–Trinajstić information content (AvgIpc) is 2.53. The predicted molar refractivity (Wildman–Crippen MR) is 85.5 cm³/mol. The van der Waals surface area contributed by atoms with Gasteiger partial charge < -0.3 is 9.64 Å². The van der Waals surface area contributed by atoms with E-state index in [1.165, 1.54) is 45.2 Å². The highest BCUT2D eigenvalue weighted by Gasteiger charge is 2.37. The second-order valence-electron chi connectivity index (χ2n) is 6.24. The summed E-state index contributed by atoms with van der Waals surface area (Å²) in [5, 5.41) is 0. The van der Waals surface area contributed by atoms with Gasteiger partial charge in [0.1, 0.15) is 6.61 Å². The van der Waals surface area contributed by atoms with Gasteiger partial charge >= 0.3 is 5.97 Å². The monoisotopic (exact) mass is 352 g/mol. The Hall–Kier alpha value is -0.870. The van der Waals surface area contributed by atoms with Gasteiger partial charge in [-0.25, -0.2) is 4.79 Å². The van der Waals surface area contributed by atoms with E-state index in [1.807, 2.05) is 24.3 Å². The van der Waals surface area contributed by atoms with E-state index in [1.54, 1.807) is 4.90 Å². The van der Waals surface area contributed by atoms with Crippen LogP contribution in [0, 0.1) is 5.92 Å². The van der Waals surface area contributed by atoms with Crippen molar-refractivity contribution in [3.8, 4) is 0 Å². The second-order valence-corrected chi connectivity index (χ2v) is 7.10. The van der Waals surface area contributed by atoms with Crippen molar-refractivity contribution in [2.75, 3.05) is 19.7 Å². The van der Waals surface area contributed by atoms with Gasteiger partial charge in [0.2, 0.25) is 0 Å². The van der Waals surface area contributed by atoms with E-state index in [-0.39, 0.29) is 5.97 Å². The van der Waals surface area contributed by atoms with Crippen LogP contribution in [-0.2, 0) is 4.74 Å². The second kappa shape index (κ2) is 6.93. The summed E-state index contributed by atoms with van der Waals surface area (Å²) >= 11 is 3.41. The van der Waals surface area contributed by atoms with Gasteiger partial charge in [-0.1, -0.05) is 12.1 Å². The van der Waals surface area contributed by atoms with Crippen molar-refractivity contribution >= 4 is 21.9 Å². The van der Waals surface area contributed by atoms with Crippen molar-refractivity contribution in [1.82, 2.24) is 0 Å². The summed E-state index contributed by atoms with van der Waals surface area (Å²) in [4.78, 5) is 14.0. The topological polar surface area (TPSA) is 30.7 Å². The standard InChI is InChI=1S/C17H22BrNO2/c18-15-8-2-1-7-14(15)17(20)21-12-13-6-5-11-19-10-4-3-9-16(13)19/h1-2,7-8,13,16H,3-6,9-12H2/p+1/t13-,16+/m1/s1. The molecule has 0 spiro atoms. The van der Waals surface area contributed by atoms with Crippen LogP contribution in [0.25, 0.3) is 0 Å². The molecule has 114 valence electrons. The Morgan fingerprint density at radius 3 is 2.86 bits per heavy atom. The number of carbonyl (C=O) groups excluding carboxylic acids is 1. The summed E-state index contributed by atoms with van der Waals surface area (Å²) in [7, 11) is 0. The van der Waals surface area contributed by atoms with Crippen LogP contribution in [0.2, 0.25) is 0 Å². The van der Waals surface area contributed by atoms with Crippen LogP contribution in [0.1, 0.15) is 42.5 Å². The lowest BCUT2D eigenvalue weighted by molar-refractivity contribution is -0.940. The zero-order chi connectivity index (χ0) is 14.7. The van der Waals surface area contributed by atoms with E-state index in [0.29, 0.717) is 24.1 Å². The first-order chi connectivity index (χ1) is 10.3. The molecule has 2 aliphatic rings. The van der Waals surface area contributed by atoms with Crippen LogP contribution in [0.5, 0.6) is 0 Å². The number of benzene rings is 1. The first-order valence-corrected chi connectivity index (χ1v) is 8.81. The summed E-state index contributed by atoms with van der Waals surface area (Å²) in [6, 6.07) is 8.18. The minimum atomic E-state index is -0.203. The van der Waals surface area contributed by atoms with Gasteiger partial charge in [0, 0.05) is 10.4 Å². The smallest absolute Gasteiger partial charge is 0.339 e. The lowest BCUT2D eigenvalue weighted by Gasteiger charge is -2.41. The van der Waals surface area contributed by atoms with Crippen molar-refractivity contribution in [2.45, 2.75) is 38.1 Å². The van der Waals surface area contributed by atoms with Gasteiger partial charge in [-0.3, -0.25) is 0 Å². The number of hydrogen-bond acceptors (Lipinski definition) is 2. The lowest BCUT2D eigenvalue weighted by atomic mass is 9.84. The van der Waals surface area contributed by atoms with Crippen molar-refractivity contribution < 1.29 is 14.4 Å². The van der Waals surface area contributed by atoms with E-state index >= 15 is 0 Å². The molecule has 1 aromatic rings. The molecule has 0 aromatic heterocycles. The third kappa shape index (κ3) is 3.49. The van der Waals surface area contributed by atoms with Gasteiger partial charge in [-0.05, 0) is 60.2 Å². The molecule has 3 nitrogen and oxygen atoms in total. The number of ether oxygens (including phenoxy) is 1. The summed E-state index contributed by atoms with van der Waals surface area (Å²) < 4.78 is 6.42. The van der Waals surface area contributed by atoms with Crippen LogP contribution in [-0.4, -0.2) is 31.7 Å². The van der Waals surface area contributed by atoms with Crippen LogP contribution in [0.15, 0.2) is 28.7 Å². The van der Waals surface area contributed by atoms with Gasteiger partial charge in [-0.15, -0.1) is 0 Å². The number of fused-ring (bicyclic) bond motifs is 1. The molecule has 1 aromatic carbocycles. The van der Waals surface area contributed by atoms with Gasteiger partial charge in [0.25, 0.3) is 0 Å². The number of quaternary nitrogens is 1. The number of carbonyl (C=O) groups is 1. The average molecular weight is 353 g/mol. The molecule has 4 heteroatoms. The van der Waals surface area contributed by atoms with E-state index in [0.717, 1.165) is 4.47 Å². The zero-order valence-corrected chi connectivity index (χ0v) is 13.9. The van der Waals surface area contributed by atoms with E-state index in [4.69, 9.17) is 4.74 Å². The highest BCUT2D eigenvalue weighted by atomic mass is 79.9. The van der Waals surface area contributed by atoms with Gasteiger partial charge in [0.15, 0.2) is 0 Å². The Morgan fingerprint density at radius 2 is 2.00 bits per heavy atom. The fraction of sp³-hybridized carbons (Fsp3) is 0.588. The summed E-state index contributed by atoms with van der Waals surface area (Å²) in [6.45, 7) is 3.19. The Kier molecular flexibility index (Phi) is 4.96. The maximum atomic E-state index is 12.2. The zero-order valence-electron chi connectivity index (χ0n) is 12.3. The number of rotatable bonds is 3. The number of nitrogens with one attached hydrogen (secondary N) is 1. The Balaban J connectivity index is 1.59. The molecule has 3 atom stereocenters. The van der Waals surface area contributed by atoms with Crippen LogP contribution in [0.3, 0.4) is 0 Å². The molecule has 1 N–H and O–H groups in total. The number of hydrogen-bond donors (Lipinski definition) is 1. The van der Waals surface area contributed by atoms with Crippen LogP contribution >= 0.6 is 15.9 Å². The molecule has 2 heterocycles. The minimum absolute atomic E-state index is 0.203. The van der Waals surface area contributed by atoms with Crippen LogP contribution in [0.4, 0.5) is 0 Å². The highest BCUT2D eigenvalue weighted by molar-refractivity contribution is 9.10. The first kappa shape index (κ1) is 15.0. The molecule has 2 saturated heterocycles. The van der Waals surface area contributed by atoms with Crippen molar-refractivity contribution in [2.24, 2.45) is 5.92 Å². The van der Waals surface area contributed by atoms with Gasteiger partial charge in [0.05, 0.1) is 24.7 Å². The summed E-state index contributed by atoms with van der Waals surface area (Å²) in [6.07, 6.45) is 6.46. The quantitative estimate of drug-likeness (QED) is 0.847. The third-order valence-corrected chi connectivity index (χ3v) is 5.64. The van der Waals surface area contributed by atoms with Gasteiger partial charge in [-0.2, -0.15) is 0 Å². The molecule has 0 radical (unpaired) electrons. The highest BCUT2D eigenvalue weighted by Crippen LogP contribution is 2.22. The van der Waals surface area contributed by atoms with Crippen LogP contribution < -0.4 is 4.90 Å². The Bertz CT molecular complexity index is 503. The van der Waals surface area contributed by atoms with E-state index in [9.17, 15) is 4.79 Å². The Labute approximate surface area is 134 Å². The lowest BCUT2D eigenvalue weighted by Crippen LogP contribution is -3.18. The third-order valence-electron chi connectivity index (χ3n) is 4.95. The largest absolute Gasteiger partial charge is 0.462 e.